The smallest absolute Gasteiger partial charge is 0.239 e. The Labute approximate surface area is 113 Å². The molecule has 104 valence electrons. The van der Waals surface area contributed by atoms with Crippen LogP contribution >= 0.6 is 0 Å². The van der Waals surface area contributed by atoms with Gasteiger partial charge >= 0.3 is 0 Å². The zero-order chi connectivity index (χ0) is 14.3. The van der Waals surface area contributed by atoms with Crippen molar-refractivity contribution in [3.05, 3.63) is 35.9 Å². The first-order valence-electron chi connectivity index (χ1n) is 6.35. The molecule has 0 radical (unpaired) electrons. The van der Waals surface area contributed by atoms with Crippen LogP contribution in [-0.4, -0.2) is 24.4 Å². The van der Waals surface area contributed by atoms with Gasteiger partial charge in [-0.25, -0.2) is 0 Å². The van der Waals surface area contributed by atoms with E-state index in [-0.39, 0.29) is 36.9 Å². The Morgan fingerprint density at radius 2 is 1.79 bits per heavy atom. The van der Waals surface area contributed by atoms with Crippen LogP contribution in [0.3, 0.4) is 0 Å². The number of nitrogens with one attached hydrogen (secondary N) is 2. The fourth-order valence-electron chi connectivity index (χ4n) is 1.64. The molecule has 1 aromatic rings. The normalized spacial score (nSPS) is 12.0. The van der Waals surface area contributed by atoms with E-state index >= 15 is 0 Å². The molecule has 19 heavy (non-hydrogen) atoms. The van der Waals surface area contributed by atoms with Gasteiger partial charge in [0.1, 0.15) is 0 Å². The molecule has 0 saturated carbocycles. The summed E-state index contributed by atoms with van der Waals surface area (Å²) >= 11 is 0. The summed E-state index contributed by atoms with van der Waals surface area (Å²) in [4.78, 5) is 23.0. The molecule has 0 saturated heterocycles. The highest BCUT2D eigenvalue weighted by molar-refractivity contribution is 5.85. The molecule has 4 N–H and O–H groups in total. The zero-order valence-electron chi connectivity index (χ0n) is 11.3. The van der Waals surface area contributed by atoms with Gasteiger partial charge in [-0.05, 0) is 19.4 Å². The van der Waals surface area contributed by atoms with Crippen LogP contribution in [0.5, 0.6) is 0 Å². The molecular weight excluding hydrogens is 242 g/mol. The summed E-state index contributed by atoms with van der Waals surface area (Å²) in [5.41, 5.74) is 6.83. The highest BCUT2D eigenvalue weighted by Gasteiger charge is 2.12. The summed E-state index contributed by atoms with van der Waals surface area (Å²) < 4.78 is 0. The van der Waals surface area contributed by atoms with Crippen LogP contribution in [0.4, 0.5) is 0 Å². The van der Waals surface area contributed by atoms with Crippen molar-refractivity contribution in [2.75, 3.05) is 6.54 Å². The first kappa shape index (κ1) is 15.2. The van der Waals surface area contributed by atoms with Gasteiger partial charge in [0.25, 0.3) is 0 Å². The molecule has 0 heterocycles. The lowest BCUT2D eigenvalue weighted by molar-refractivity contribution is -0.126. The minimum atomic E-state index is -0.352. The number of amides is 2. The minimum absolute atomic E-state index is 0.0154. The first-order chi connectivity index (χ1) is 8.99. The van der Waals surface area contributed by atoms with Crippen molar-refractivity contribution < 1.29 is 9.59 Å². The molecule has 1 rings (SSSR count). The summed E-state index contributed by atoms with van der Waals surface area (Å²) in [6, 6.07) is 9.12. The Kier molecular flexibility index (Phi) is 6.02. The van der Waals surface area contributed by atoms with Crippen molar-refractivity contribution in [1.82, 2.24) is 10.6 Å². The number of hydrogen-bond donors (Lipinski definition) is 3. The zero-order valence-corrected chi connectivity index (χ0v) is 11.3. The number of benzene rings is 1. The molecule has 0 aromatic heterocycles. The Balaban J connectivity index is 2.33. The van der Waals surface area contributed by atoms with Crippen LogP contribution in [0, 0.1) is 0 Å². The molecule has 0 fully saturated rings. The van der Waals surface area contributed by atoms with Gasteiger partial charge in [-0.1, -0.05) is 30.3 Å². The maximum Gasteiger partial charge on any atom is 0.239 e. The van der Waals surface area contributed by atoms with Crippen molar-refractivity contribution in [3.8, 4) is 0 Å². The maximum absolute atomic E-state index is 11.6. The minimum Gasteiger partial charge on any atom is -0.352 e. The maximum atomic E-state index is 11.6. The highest BCUT2D eigenvalue weighted by Crippen LogP contribution is 2.12. The second-order valence-corrected chi connectivity index (χ2v) is 4.72. The first-order valence-corrected chi connectivity index (χ1v) is 6.35. The fraction of sp³-hybridized carbons (Fsp3) is 0.429. The largest absolute Gasteiger partial charge is 0.352 e. The summed E-state index contributed by atoms with van der Waals surface area (Å²) in [5.74, 6) is -0.424. The fourth-order valence-corrected chi connectivity index (χ4v) is 1.64. The van der Waals surface area contributed by atoms with E-state index in [1.54, 1.807) is 0 Å². The molecule has 0 bridgehead atoms. The van der Waals surface area contributed by atoms with Gasteiger partial charge in [0.05, 0.1) is 6.54 Å². The monoisotopic (exact) mass is 263 g/mol. The lowest BCUT2D eigenvalue weighted by Crippen LogP contribution is -2.40. The number of hydrogen-bond acceptors (Lipinski definition) is 3. The Hall–Kier alpha value is -1.88. The van der Waals surface area contributed by atoms with E-state index in [2.05, 4.69) is 10.6 Å². The van der Waals surface area contributed by atoms with E-state index in [9.17, 15) is 9.59 Å². The van der Waals surface area contributed by atoms with E-state index in [0.717, 1.165) is 5.56 Å². The van der Waals surface area contributed by atoms with Gasteiger partial charge in [0.2, 0.25) is 11.8 Å². The number of nitrogens with two attached hydrogens (primary N) is 1. The molecule has 1 aromatic carbocycles. The topological polar surface area (TPSA) is 84.2 Å². The van der Waals surface area contributed by atoms with E-state index in [0.29, 0.717) is 0 Å². The average Bonchev–Trinajstić information content (AvgIpc) is 2.36. The third-order valence-electron chi connectivity index (χ3n) is 2.53. The summed E-state index contributed by atoms with van der Waals surface area (Å²) in [6.45, 7) is 3.72. The molecular formula is C14H21N3O2. The van der Waals surface area contributed by atoms with Crippen LogP contribution in [0.2, 0.25) is 0 Å². The van der Waals surface area contributed by atoms with E-state index in [1.807, 2.05) is 44.2 Å². The number of rotatable bonds is 6. The van der Waals surface area contributed by atoms with Crippen molar-refractivity contribution in [3.63, 3.8) is 0 Å². The standard InChI is InChI=1S/C14H21N3O2/c1-10(2)17-14(19)9-16-13(18)8-12(15)11-6-4-3-5-7-11/h3-7,10,12H,8-9,15H2,1-2H3,(H,16,18)(H,17,19). The summed E-state index contributed by atoms with van der Waals surface area (Å²) in [7, 11) is 0. The number of carbonyl (C=O) groups excluding carboxylic acids is 2. The lowest BCUT2D eigenvalue weighted by atomic mass is 10.0. The predicted molar refractivity (Wildman–Crippen MR) is 74.3 cm³/mol. The molecule has 5 nitrogen and oxygen atoms in total. The highest BCUT2D eigenvalue weighted by atomic mass is 16.2. The molecule has 0 aliphatic heterocycles. The molecule has 0 spiro atoms. The second-order valence-electron chi connectivity index (χ2n) is 4.72. The van der Waals surface area contributed by atoms with E-state index < -0.39 is 0 Å². The third-order valence-corrected chi connectivity index (χ3v) is 2.53. The van der Waals surface area contributed by atoms with Gasteiger partial charge in [-0.15, -0.1) is 0 Å². The molecule has 0 aliphatic rings. The van der Waals surface area contributed by atoms with Crippen LogP contribution in [-0.2, 0) is 9.59 Å². The summed E-state index contributed by atoms with van der Waals surface area (Å²) in [6.07, 6.45) is 0.166. The molecule has 1 unspecified atom stereocenters. The Morgan fingerprint density at radius 1 is 1.16 bits per heavy atom. The Bertz CT molecular complexity index is 418. The molecule has 2 amide bonds. The van der Waals surface area contributed by atoms with Gasteiger partial charge in [0, 0.05) is 18.5 Å². The van der Waals surface area contributed by atoms with E-state index in [4.69, 9.17) is 5.73 Å². The molecule has 0 aliphatic carbocycles. The third kappa shape index (κ3) is 6.01. The summed E-state index contributed by atoms with van der Waals surface area (Å²) in [5, 5.41) is 5.26. The van der Waals surface area contributed by atoms with E-state index in [1.165, 1.54) is 0 Å². The van der Waals surface area contributed by atoms with Gasteiger partial charge in [-0.2, -0.15) is 0 Å². The van der Waals surface area contributed by atoms with Gasteiger partial charge in [0.15, 0.2) is 0 Å². The van der Waals surface area contributed by atoms with Crippen LogP contribution in [0.15, 0.2) is 30.3 Å². The van der Waals surface area contributed by atoms with Crippen LogP contribution < -0.4 is 16.4 Å². The number of carbonyl (C=O) groups is 2. The van der Waals surface area contributed by atoms with Crippen LogP contribution in [0.25, 0.3) is 0 Å². The quantitative estimate of drug-likeness (QED) is 0.707. The SMILES string of the molecule is CC(C)NC(=O)CNC(=O)CC(N)c1ccccc1. The average molecular weight is 263 g/mol. The van der Waals surface area contributed by atoms with Crippen molar-refractivity contribution in [2.45, 2.75) is 32.4 Å². The second kappa shape index (κ2) is 7.53. The van der Waals surface area contributed by atoms with Crippen molar-refractivity contribution in [1.29, 1.82) is 0 Å². The molecule has 5 heteroatoms. The van der Waals surface area contributed by atoms with Crippen molar-refractivity contribution >= 4 is 11.8 Å². The van der Waals surface area contributed by atoms with Crippen molar-refractivity contribution in [2.24, 2.45) is 5.73 Å². The van der Waals surface area contributed by atoms with Gasteiger partial charge in [-0.3, -0.25) is 9.59 Å². The lowest BCUT2D eigenvalue weighted by Gasteiger charge is -2.13. The molecule has 1 atom stereocenters. The van der Waals surface area contributed by atoms with Gasteiger partial charge < -0.3 is 16.4 Å². The Morgan fingerprint density at radius 3 is 2.37 bits per heavy atom. The van der Waals surface area contributed by atoms with Crippen LogP contribution in [0.1, 0.15) is 31.9 Å². The predicted octanol–water partition coefficient (Wildman–Crippen LogP) is 0.717.